The van der Waals surface area contributed by atoms with E-state index in [0.717, 1.165) is 11.1 Å². The van der Waals surface area contributed by atoms with Gasteiger partial charge in [-0.2, -0.15) is 0 Å². The van der Waals surface area contributed by atoms with E-state index >= 15 is 0 Å². The molecule has 2 N–H and O–H groups in total. The highest BCUT2D eigenvalue weighted by molar-refractivity contribution is 6.06. The number of amides is 1. The fourth-order valence-corrected chi connectivity index (χ4v) is 1.73. The van der Waals surface area contributed by atoms with Crippen molar-refractivity contribution in [1.29, 1.82) is 0 Å². The minimum absolute atomic E-state index is 0.171. The van der Waals surface area contributed by atoms with Gasteiger partial charge in [0, 0.05) is 7.05 Å². The number of aliphatic imine (C=N–C) groups is 1. The molecule has 1 heterocycles. The number of rotatable bonds is 1. The Bertz CT molecular complexity index is 470. The number of carbonyl (C=O) groups is 1. The van der Waals surface area contributed by atoms with Crippen LogP contribution in [0.2, 0.25) is 0 Å². The molecule has 2 rings (SSSR count). The number of carbonyl (C=O) groups excluding carboxylic acids is 1. The minimum atomic E-state index is -0.487. The summed E-state index contributed by atoms with van der Waals surface area (Å²) in [7, 11) is 1.59. The summed E-state index contributed by atoms with van der Waals surface area (Å²) >= 11 is 0. The highest BCUT2D eigenvalue weighted by Gasteiger charge is 2.30. The molecule has 1 atom stereocenters. The second-order valence-corrected chi connectivity index (χ2v) is 3.64. The van der Waals surface area contributed by atoms with Crippen molar-refractivity contribution in [2.75, 3.05) is 7.05 Å². The van der Waals surface area contributed by atoms with Gasteiger partial charge < -0.3 is 5.32 Å². The molecule has 4 nitrogen and oxygen atoms in total. The van der Waals surface area contributed by atoms with Gasteiger partial charge in [-0.05, 0) is 30.2 Å². The van der Waals surface area contributed by atoms with Gasteiger partial charge in [-0.3, -0.25) is 15.1 Å². The predicted molar refractivity (Wildman–Crippen MR) is 58.5 cm³/mol. The van der Waals surface area contributed by atoms with Crippen LogP contribution in [0.25, 0.3) is 0 Å². The van der Waals surface area contributed by atoms with Crippen LogP contribution in [-0.4, -0.2) is 18.9 Å². The monoisotopic (exact) mass is 221 g/mol. The number of aryl methyl sites for hydroxylation is 1. The highest BCUT2D eigenvalue weighted by Crippen LogP contribution is 2.21. The van der Waals surface area contributed by atoms with E-state index in [4.69, 9.17) is 0 Å². The van der Waals surface area contributed by atoms with E-state index in [-0.39, 0.29) is 11.7 Å². The third kappa shape index (κ3) is 1.76. The van der Waals surface area contributed by atoms with Crippen molar-refractivity contribution in [2.45, 2.75) is 13.0 Å². The average molecular weight is 221 g/mol. The molecule has 1 aliphatic heterocycles. The number of halogens is 1. The van der Waals surface area contributed by atoms with E-state index in [1.165, 1.54) is 12.1 Å². The van der Waals surface area contributed by atoms with E-state index in [0.29, 0.717) is 5.96 Å². The molecule has 0 aromatic heterocycles. The van der Waals surface area contributed by atoms with Crippen LogP contribution in [0.4, 0.5) is 4.39 Å². The average Bonchev–Trinajstić information content (AvgIpc) is 2.60. The van der Waals surface area contributed by atoms with Crippen LogP contribution in [-0.2, 0) is 4.79 Å². The first-order valence-corrected chi connectivity index (χ1v) is 4.92. The summed E-state index contributed by atoms with van der Waals surface area (Å²) in [5.74, 6) is -0.0296. The summed E-state index contributed by atoms with van der Waals surface area (Å²) < 4.78 is 12.9. The Morgan fingerprint density at radius 2 is 2.19 bits per heavy atom. The molecular formula is C11H12FN3O. The first-order valence-electron chi connectivity index (χ1n) is 4.92. The van der Waals surface area contributed by atoms with Gasteiger partial charge in [0.2, 0.25) is 0 Å². The maximum Gasteiger partial charge on any atom is 0.253 e. The van der Waals surface area contributed by atoms with Gasteiger partial charge in [0.05, 0.1) is 0 Å². The fourth-order valence-electron chi connectivity index (χ4n) is 1.73. The summed E-state index contributed by atoms with van der Waals surface area (Å²) in [6, 6.07) is 3.88. The minimum Gasteiger partial charge on any atom is -0.340 e. The SMILES string of the molecule is CN=C1NC(=O)C(c2ccc(F)cc2C)N1. The van der Waals surface area contributed by atoms with Crippen molar-refractivity contribution in [2.24, 2.45) is 4.99 Å². The van der Waals surface area contributed by atoms with E-state index in [2.05, 4.69) is 15.6 Å². The maximum atomic E-state index is 12.9. The lowest BCUT2D eigenvalue weighted by Crippen LogP contribution is -2.24. The molecule has 1 fully saturated rings. The van der Waals surface area contributed by atoms with Gasteiger partial charge in [-0.25, -0.2) is 4.39 Å². The number of nitrogens with zero attached hydrogens (tertiary/aromatic N) is 1. The normalized spacial score (nSPS) is 22.1. The molecule has 1 aromatic rings. The number of hydrogen-bond acceptors (Lipinski definition) is 2. The first-order chi connectivity index (χ1) is 7.61. The van der Waals surface area contributed by atoms with Gasteiger partial charge in [0.15, 0.2) is 5.96 Å². The van der Waals surface area contributed by atoms with Gasteiger partial charge in [-0.1, -0.05) is 6.07 Å². The van der Waals surface area contributed by atoms with Gasteiger partial charge >= 0.3 is 0 Å². The van der Waals surface area contributed by atoms with Crippen LogP contribution < -0.4 is 10.6 Å². The molecule has 1 unspecified atom stereocenters. The standard InChI is InChI=1S/C11H12FN3O/c1-6-5-7(12)3-4-8(6)9-10(16)15-11(13-2)14-9/h3-5,9H,1-2H3,(H2,13,14,15,16). The topological polar surface area (TPSA) is 53.5 Å². The van der Waals surface area contributed by atoms with Crippen molar-refractivity contribution in [3.63, 3.8) is 0 Å². The van der Waals surface area contributed by atoms with Crippen LogP contribution >= 0.6 is 0 Å². The molecule has 0 bridgehead atoms. The molecule has 1 saturated heterocycles. The Kier molecular flexibility index (Phi) is 2.60. The lowest BCUT2D eigenvalue weighted by Gasteiger charge is -2.11. The lowest BCUT2D eigenvalue weighted by molar-refractivity contribution is -0.120. The van der Waals surface area contributed by atoms with E-state index in [9.17, 15) is 9.18 Å². The Hall–Kier alpha value is -1.91. The molecule has 1 aromatic carbocycles. The second-order valence-electron chi connectivity index (χ2n) is 3.64. The molecule has 84 valence electrons. The Labute approximate surface area is 92.6 Å². The summed E-state index contributed by atoms with van der Waals surface area (Å²) in [6.45, 7) is 1.77. The van der Waals surface area contributed by atoms with Crippen molar-refractivity contribution >= 4 is 11.9 Å². The van der Waals surface area contributed by atoms with Gasteiger partial charge in [-0.15, -0.1) is 0 Å². The summed E-state index contributed by atoms with van der Waals surface area (Å²) in [5.41, 5.74) is 1.50. The third-order valence-electron chi connectivity index (χ3n) is 2.55. The van der Waals surface area contributed by atoms with Crippen LogP contribution in [0, 0.1) is 12.7 Å². The Morgan fingerprint density at radius 3 is 2.75 bits per heavy atom. The summed E-state index contributed by atoms with van der Waals surface area (Å²) in [5, 5.41) is 5.53. The van der Waals surface area contributed by atoms with Gasteiger partial charge in [0.25, 0.3) is 5.91 Å². The molecule has 1 amide bonds. The van der Waals surface area contributed by atoms with Crippen LogP contribution in [0.1, 0.15) is 17.2 Å². The molecule has 5 heteroatoms. The molecule has 0 spiro atoms. The van der Waals surface area contributed by atoms with E-state index in [1.54, 1.807) is 20.0 Å². The number of nitrogens with one attached hydrogen (secondary N) is 2. The zero-order valence-electron chi connectivity index (χ0n) is 9.04. The smallest absolute Gasteiger partial charge is 0.253 e. The van der Waals surface area contributed by atoms with Crippen molar-refractivity contribution < 1.29 is 9.18 Å². The molecule has 0 radical (unpaired) electrons. The van der Waals surface area contributed by atoms with Crippen LogP contribution in [0.3, 0.4) is 0 Å². The number of hydrogen-bond donors (Lipinski definition) is 2. The first kappa shape index (κ1) is 10.6. The quantitative estimate of drug-likeness (QED) is 0.739. The molecule has 0 saturated carbocycles. The van der Waals surface area contributed by atoms with Crippen LogP contribution in [0.5, 0.6) is 0 Å². The Morgan fingerprint density at radius 1 is 1.44 bits per heavy atom. The lowest BCUT2D eigenvalue weighted by atomic mass is 10.0. The second kappa shape index (κ2) is 3.92. The highest BCUT2D eigenvalue weighted by atomic mass is 19.1. The predicted octanol–water partition coefficient (Wildman–Crippen LogP) is 0.880. The largest absolute Gasteiger partial charge is 0.340 e. The number of benzene rings is 1. The van der Waals surface area contributed by atoms with E-state index < -0.39 is 6.04 Å². The summed E-state index contributed by atoms with van der Waals surface area (Å²) in [6.07, 6.45) is 0. The number of guanidine groups is 1. The van der Waals surface area contributed by atoms with Crippen LogP contribution in [0.15, 0.2) is 23.2 Å². The third-order valence-corrected chi connectivity index (χ3v) is 2.55. The molecular weight excluding hydrogens is 209 g/mol. The van der Waals surface area contributed by atoms with Crippen molar-refractivity contribution in [3.05, 3.63) is 35.1 Å². The molecule has 1 aliphatic rings. The van der Waals surface area contributed by atoms with Crippen molar-refractivity contribution in [3.8, 4) is 0 Å². The fraction of sp³-hybridized carbons (Fsp3) is 0.273. The zero-order valence-corrected chi connectivity index (χ0v) is 9.04. The van der Waals surface area contributed by atoms with Gasteiger partial charge in [0.1, 0.15) is 11.9 Å². The molecule has 16 heavy (non-hydrogen) atoms. The van der Waals surface area contributed by atoms with Crippen molar-refractivity contribution in [1.82, 2.24) is 10.6 Å². The van der Waals surface area contributed by atoms with E-state index in [1.807, 2.05) is 0 Å². The summed E-state index contributed by atoms with van der Waals surface area (Å²) in [4.78, 5) is 15.5. The zero-order chi connectivity index (χ0) is 11.7. The maximum absolute atomic E-state index is 12.9. The Balaban J connectivity index is 2.35. The molecule has 0 aliphatic carbocycles.